The molecule has 6 rings (SSSR count). The summed E-state index contributed by atoms with van der Waals surface area (Å²) in [4.78, 5) is 27.3. The summed E-state index contributed by atoms with van der Waals surface area (Å²) in [5.74, 6) is 6.27. The van der Waals surface area contributed by atoms with Crippen molar-refractivity contribution in [3.63, 3.8) is 0 Å². The van der Waals surface area contributed by atoms with Gasteiger partial charge in [-0.25, -0.2) is 4.39 Å². The van der Waals surface area contributed by atoms with Crippen molar-refractivity contribution in [2.24, 2.45) is 28.3 Å². The Bertz CT molecular complexity index is 1270. The topological polar surface area (TPSA) is 59.0 Å². The van der Waals surface area contributed by atoms with E-state index in [0.717, 1.165) is 37.9 Å². The molecular formula is C34H41FN2O3. The molecule has 6 heteroatoms. The lowest BCUT2D eigenvalue weighted by Crippen LogP contribution is -2.46. The highest BCUT2D eigenvalue weighted by Gasteiger charge is 2.59. The summed E-state index contributed by atoms with van der Waals surface area (Å²) in [6.07, 6.45) is 7.63. The molecule has 0 spiro atoms. The minimum atomic E-state index is -1.08. The van der Waals surface area contributed by atoms with Gasteiger partial charge in [-0.05, 0) is 104 Å². The number of ether oxygens (including phenoxy) is 1. The molecule has 0 bridgehead atoms. The number of ketones is 1. The minimum Gasteiger partial charge on any atom is -0.372 e. The normalized spacial score (nSPS) is 34.8. The maximum absolute atomic E-state index is 15.9. The van der Waals surface area contributed by atoms with Gasteiger partial charge in [0.15, 0.2) is 5.78 Å². The Balaban J connectivity index is 1.38. The van der Waals surface area contributed by atoms with Crippen LogP contribution in [0.1, 0.15) is 76.7 Å². The molecule has 1 heterocycles. The van der Waals surface area contributed by atoms with Crippen LogP contribution in [0.3, 0.4) is 0 Å². The van der Waals surface area contributed by atoms with Gasteiger partial charge in [-0.2, -0.15) is 4.91 Å². The maximum atomic E-state index is 15.9. The average molecular weight is 545 g/mol. The van der Waals surface area contributed by atoms with Crippen molar-refractivity contribution in [2.75, 3.05) is 31.2 Å². The van der Waals surface area contributed by atoms with Gasteiger partial charge in [0.1, 0.15) is 25.4 Å². The number of allylic oxidation sites excluding steroid dienone is 3. The molecule has 7 atom stereocenters. The van der Waals surface area contributed by atoms with Crippen molar-refractivity contribution < 1.29 is 13.9 Å². The van der Waals surface area contributed by atoms with E-state index in [4.69, 9.17) is 4.74 Å². The zero-order chi connectivity index (χ0) is 27.9. The molecule has 4 aliphatic carbocycles. The molecule has 1 aromatic carbocycles. The van der Waals surface area contributed by atoms with Crippen LogP contribution in [0.15, 0.2) is 52.2 Å². The number of carbonyl (C=O) groups excluding carboxylic acids is 1. The Morgan fingerprint density at radius 2 is 1.95 bits per heavy atom. The smallest absolute Gasteiger partial charge is 0.162 e. The lowest BCUT2D eigenvalue weighted by molar-refractivity contribution is -0.131. The highest BCUT2D eigenvalue weighted by molar-refractivity contribution is 5.83. The van der Waals surface area contributed by atoms with Gasteiger partial charge in [0.25, 0.3) is 0 Å². The highest BCUT2D eigenvalue weighted by atomic mass is 19.1. The van der Waals surface area contributed by atoms with Gasteiger partial charge in [-0.15, -0.1) is 5.92 Å². The number of nitrogens with zero attached hydrogens (tertiary/aromatic N) is 2. The summed E-state index contributed by atoms with van der Waals surface area (Å²) < 4.78 is 21.5. The average Bonchev–Trinajstić information content (AvgIpc) is 3.63. The Kier molecular flexibility index (Phi) is 7.70. The number of fused-ring (bicyclic) bond motifs is 4. The second kappa shape index (κ2) is 11.2. The number of nitroso groups, excluding NO2 is 1. The summed E-state index contributed by atoms with van der Waals surface area (Å²) in [5.41, 5.74) is 5.53. The zero-order valence-electron chi connectivity index (χ0n) is 23.8. The number of rotatable bonds is 7. The third-order valence-electron chi connectivity index (χ3n) is 10.8. The summed E-state index contributed by atoms with van der Waals surface area (Å²) in [5, 5.41) is 3.25. The second-order valence-corrected chi connectivity index (χ2v) is 12.7. The first-order valence-corrected chi connectivity index (χ1v) is 15.2. The van der Waals surface area contributed by atoms with Crippen LogP contribution in [0, 0.1) is 39.9 Å². The summed E-state index contributed by atoms with van der Waals surface area (Å²) in [7, 11) is 0. The van der Waals surface area contributed by atoms with Gasteiger partial charge in [0, 0.05) is 30.6 Å². The molecule has 0 radical (unpaired) electrons. The van der Waals surface area contributed by atoms with E-state index in [9.17, 15) is 9.70 Å². The van der Waals surface area contributed by atoms with Crippen molar-refractivity contribution in [2.45, 2.75) is 83.3 Å². The third kappa shape index (κ3) is 4.75. The SMILES string of the molecule is CC#CCOCC(=O)[C@H]1CC[C@H]2[C@@H]3CC(F)C4=CC(N=O)CCC4=C3[C@@H](c3ccc(N4CCCC4)cc3)C[C@]12C. The molecule has 212 valence electrons. The van der Waals surface area contributed by atoms with Crippen LogP contribution in [0.2, 0.25) is 0 Å². The molecule has 0 N–H and O–H groups in total. The van der Waals surface area contributed by atoms with Crippen LogP contribution >= 0.6 is 0 Å². The molecule has 2 unspecified atom stereocenters. The van der Waals surface area contributed by atoms with E-state index in [1.165, 1.54) is 29.7 Å². The van der Waals surface area contributed by atoms with Gasteiger partial charge in [0.2, 0.25) is 0 Å². The molecule has 3 fully saturated rings. The molecule has 2 saturated carbocycles. The van der Waals surface area contributed by atoms with Gasteiger partial charge < -0.3 is 9.64 Å². The van der Waals surface area contributed by atoms with Gasteiger partial charge in [0.05, 0.1) is 0 Å². The van der Waals surface area contributed by atoms with Crippen LogP contribution in [-0.2, 0) is 9.53 Å². The van der Waals surface area contributed by atoms with E-state index in [1.807, 2.05) is 0 Å². The lowest BCUT2D eigenvalue weighted by atomic mass is 9.51. The number of hydrogen-bond acceptors (Lipinski definition) is 5. The predicted octanol–water partition coefficient (Wildman–Crippen LogP) is 6.93. The fraction of sp³-hybridized carbons (Fsp3) is 0.618. The molecule has 1 aliphatic heterocycles. The van der Waals surface area contributed by atoms with Gasteiger partial charge in [-0.1, -0.05) is 41.8 Å². The standard InChI is InChI=1S/C34H41FN2O3/c1-3-4-17-40-21-32(38)30-14-13-29-27-19-31(35)26-18-23(36-39)9-12-25(26)33(27)28(20-34(29,30)2)22-7-10-24(11-8-22)37-15-5-6-16-37/h7-8,10-11,18,23,27-31H,5-6,9,12-17,19-21H2,1-2H3/t23?,27-,28+,29-,30+,31?,34-/m0/s1. The molecule has 0 amide bonds. The number of anilines is 1. The monoisotopic (exact) mass is 544 g/mol. The Morgan fingerprint density at radius 1 is 1.18 bits per heavy atom. The van der Waals surface area contributed by atoms with Crippen LogP contribution in [-0.4, -0.2) is 44.3 Å². The first-order valence-electron chi connectivity index (χ1n) is 15.2. The molecule has 5 nitrogen and oxygen atoms in total. The number of hydrogen-bond donors (Lipinski definition) is 0. The number of Topliss-reactive ketones (excluding diaryl/α,β-unsaturated/α-hetero) is 1. The number of alkyl halides is 1. The molecular weight excluding hydrogens is 503 g/mol. The minimum absolute atomic E-state index is 0.0880. The highest BCUT2D eigenvalue weighted by Crippen LogP contribution is 2.66. The second-order valence-electron chi connectivity index (χ2n) is 12.7. The Labute approximate surface area is 237 Å². The van der Waals surface area contributed by atoms with Crippen LogP contribution < -0.4 is 4.90 Å². The maximum Gasteiger partial charge on any atom is 0.162 e. The molecule has 40 heavy (non-hydrogen) atoms. The number of halogens is 1. The van der Waals surface area contributed by atoms with Crippen molar-refractivity contribution in [3.05, 3.63) is 57.5 Å². The molecule has 5 aliphatic rings. The van der Waals surface area contributed by atoms with Crippen molar-refractivity contribution in [3.8, 4) is 11.8 Å². The van der Waals surface area contributed by atoms with Crippen LogP contribution in [0.5, 0.6) is 0 Å². The first kappa shape index (κ1) is 27.4. The van der Waals surface area contributed by atoms with Gasteiger partial charge in [-0.3, -0.25) is 4.79 Å². The molecule has 0 aromatic heterocycles. The number of carbonyl (C=O) groups is 1. The number of benzene rings is 1. The van der Waals surface area contributed by atoms with Crippen molar-refractivity contribution in [1.82, 2.24) is 0 Å². The Hall–Kier alpha value is -2.78. The zero-order valence-corrected chi connectivity index (χ0v) is 23.8. The Morgan fingerprint density at radius 3 is 2.67 bits per heavy atom. The van der Waals surface area contributed by atoms with E-state index >= 15 is 4.39 Å². The third-order valence-corrected chi connectivity index (χ3v) is 10.8. The van der Waals surface area contributed by atoms with Crippen LogP contribution in [0.25, 0.3) is 0 Å². The summed E-state index contributed by atoms with van der Waals surface area (Å²) >= 11 is 0. The van der Waals surface area contributed by atoms with Gasteiger partial charge >= 0.3 is 0 Å². The summed E-state index contributed by atoms with van der Waals surface area (Å²) in [6, 6.07) is 8.61. The largest absolute Gasteiger partial charge is 0.372 e. The lowest BCUT2D eigenvalue weighted by Gasteiger charge is -2.53. The molecule has 1 aromatic rings. The van der Waals surface area contributed by atoms with Crippen molar-refractivity contribution in [1.29, 1.82) is 0 Å². The quantitative estimate of drug-likeness (QED) is 0.212. The first-order chi connectivity index (χ1) is 19.4. The van der Waals surface area contributed by atoms with Crippen molar-refractivity contribution >= 4 is 11.5 Å². The van der Waals surface area contributed by atoms with E-state index in [1.54, 1.807) is 13.0 Å². The molecule has 1 saturated heterocycles. The fourth-order valence-corrected chi connectivity index (χ4v) is 8.93. The predicted molar refractivity (Wildman–Crippen MR) is 156 cm³/mol. The fourth-order valence-electron chi connectivity index (χ4n) is 8.93. The van der Waals surface area contributed by atoms with E-state index in [2.05, 4.69) is 53.1 Å². The van der Waals surface area contributed by atoms with Crippen LogP contribution in [0.4, 0.5) is 10.1 Å². The van der Waals surface area contributed by atoms with E-state index < -0.39 is 12.2 Å². The van der Waals surface area contributed by atoms with E-state index in [-0.39, 0.29) is 48.1 Å². The summed E-state index contributed by atoms with van der Waals surface area (Å²) in [6.45, 7) is 6.63. The van der Waals surface area contributed by atoms with E-state index in [0.29, 0.717) is 24.8 Å².